The van der Waals surface area contributed by atoms with E-state index in [0.29, 0.717) is 5.57 Å². The number of carbonyl (C=O) groups excluding carboxylic acids is 3. The predicted octanol–water partition coefficient (Wildman–Crippen LogP) is -0.0895. The zero-order chi connectivity index (χ0) is 15.2. The average molecular weight is 265 g/mol. The fourth-order valence-corrected chi connectivity index (χ4v) is 1.11. The van der Waals surface area contributed by atoms with Crippen LogP contribution in [0.3, 0.4) is 0 Å². The first-order valence-corrected chi connectivity index (χ1v) is 5.58. The van der Waals surface area contributed by atoms with Crippen molar-refractivity contribution in [2.75, 3.05) is 0 Å². The summed E-state index contributed by atoms with van der Waals surface area (Å²) in [6.07, 6.45) is 2.88. The van der Waals surface area contributed by atoms with Crippen LogP contribution in [0.25, 0.3) is 0 Å². The van der Waals surface area contributed by atoms with E-state index in [-0.39, 0.29) is 11.1 Å². The third-order valence-corrected chi connectivity index (χ3v) is 2.32. The standard InChI is InChI=1S/C13H19N3O3/c1-7(2)13(19)16-10(5-8(3)11(14)17)6-9(4)12(15)18/h5-6,10H,1H2,2-4H3,(H2,14,17)(H2,15,18)(H,16,19). The van der Waals surface area contributed by atoms with Crippen LogP contribution in [0.2, 0.25) is 0 Å². The predicted molar refractivity (Wildman–Crippen MR) is 72.6 cm³/mol. The first-order chi connectivity index (χ1) is 8.65. The SMILES string of the molecule is C=C(C)C(=O)NC(C=C(C)C(N)=O)C=C(C)C(N)=O. The third-order valence-electron chi connectivity index (χ3n) is 2.32. The van der Waals surface area contributed by atoms with Crippen molar-refractivity contribution in [2.45, 2.75) is 26.8 Å². The summed E-state index contributed by atoms with van der Waals surface area (Å²) < 4.78 is 0. The molecule has 0 saturated carbocycles. The molecule has 0 aliphatic carbocycles. The summed E-state index contributed by atoms with van der Waals surface area (Å²) >= 11 is 0. The van der Waals surface area contributed by atoms with Crippen molar-refractivity contribution in [1.29, 1.82) is 0 Å². The maximum Gasteiger partial charge on any atom is 0.247 e. The summed E-state index contributed by atoms with van der Waals surface area (Å²) in [4.78, 5) is 33.5. The molecule has 6 heteroatoms. The van der Waals surface area contributed by atoms with E-state index < -0.39 is 23.8 Å². The number of nitrogens with two attached hydrogens (primary N) is 2. The summed E-state index contributed by atoms with van der Waals surface area (Å²) in [7, 11) is 0. The summed E-state index contributed by atoms with van der Waals surface area (Å²) in [5.41, 5.74) is 11.1. The van der Waals surface area contributed by atoms with Gasteiger partial charge in [-0.3, -0.25) is 14.4 Å². The Kier molecular flexibility index (Phi) is 6.26. The van der Waals surface area contributed by atoms with Crippen LogP contribution in [-0.2, 0) is 14.4 Å². The van der Waals surface area contributed by atoms with Crippen molar-refractivity contribution >= 4 is 17.7 Å². The van der Waals surface area contributed by atoms with Crippen LogP contribution in [0.5, 0.6) is 0 Å². The van der Waals surface area contributed by atoms with Gasteiger partial charge in [-0.15, -0.1) is 0 Å². The lowest BCUT2D eigenvalue weighted by Gasteiger charge is -2.13. The number of primary amides is 2. The highest BCUT2D eigenvalue weighted by Gasteiger charge is 2.11. The molecule has 0 aliphatic rings. The smallest absolute Gasteiger partial charge is 0.247 e. The van der Waals surface area contributed by atoms with Crippen molar-refractivity contribution in [1.82, 2.24) is 5.32 Å². The molecular weight excluding hydrogens is 246 g/mol. The van der Waals surface area contributed by atoms with Gasteiger partial charge < -0.3 is 16.8 Å². The van der Waals surface area contributed by atoms with Gasteiger partial charge in [0.2, 0.25) is 17.7 Å². The Morgan fingerprint density at radius 2 is 1.37 bits per heavy atom. The lowest BCUT2D eigenvalue weighted by atomic mass is 10.1. The van der Waals surface area contributed by atoms with Gasteiger partial charge >= 0.3 is 0 Å². The quantitative estimate of drug-likeness (QED) is 0.583. The fourth-order valence-electron chi connectivity index (χ4n) is 1.11. The van der Waals surface area contributed by atoms with Crippen molar-refractivity contribution in [2.24, 2.45) is 11.5 Å². The summed E-state index contributed by atoms with van der Waals surface area (Å²) in [5.74, 6) is -1.62. The largest absolute Gasteiger partial charge is 0.366 e. The van der Waals surface area contributed by atoms with Gasteiger partial charge in [0.25, 0.3) is 0 Å². The fraction of sp³-hybridized carbons (Fsp3) is 0.308. The van der Waals surface area contributed by atoms with Crippen LogP contribution in [-0.4, -0.2) is 23.8 Å². The van der Waals surface area contributed by atoms with Gasteiger partial charge in [0.1, 0.15) is 0 Å². The van der Waals surface area contributed by atoms with E-state index >= 15 is 0 Å². The molecule has 104 valence electrons. The Morgan fingerprint density at radius 1 is 1.00 bits per heavy atom. The van der Waals surface area contributed by atoms with E-state index in [1.807, 2.05) is 0 Å². The molecule has 0 aromatic rings. The Morgan fingerprint density at radius 3 is 1.63 bits per heavy atom. The van der Waals surface area contributed by atoms with E-state index in [4.69, 9.17) is 11.5 Å². The molecule has 0 unspecified atom stereocenters. The van der Waals surface area contributed by atoms with Crippen molar-refractivity contribution in [3.8, 4) is 0 Å². The molecule has 0 aliphatic heterocycles. The second-order valence-electron chi connectivity index (χ2n) is 4.21. The molecule has 0 heterocycles. The van der Waals surface area contributed by atoms with Crippen LogP contribution in [0.4, 0.5) is 0 Å². The molecule has 0 atom stereocenters. The topological polar surface area (TPSA) is 115 Å². The molecule has 0 aromatic carbocycles. The van der Waals surface area contributed by atoms with Crippen LogP contribution < -0.4 is 16.8 Å². The zero-order valence-electron chi connectivity index (χ0n) is 11.3. The Balaban J connectivity index is 5.27. The minimum absolute atomic E-state index is 0.264. The lowest BCUT2D eigenvalue weighted by molar-refractivity contribution is -0.118. The van der Waals surface area contributed by atoms with Gasteiger partial charge in [-0.1, -0.05) is 6.58 Å². The third kappa shape index (κ3) is 6.21. The average Bonchev–Trinajstić information content (AvgIpc) is 2.27. The van der Waals surface area contributed by atoms with Crippen LogP contribution >= 0.6 is 0 Å². The normalized spacial score (nSPS) is 13.6. The number of hydrogen-bond donors (Lipinski definition) is 3. The first kappa shape index (κ1) is 16.6. The molecule has 0 fully saturated rings. The Hall–Kier alpha value is -2.37. The molecule has 0 aromatic heterocycles. The summed E-state index contributed by atoms with van der Waals surface area (Å²) in [6, 6.07) is -0.663. The molecule has 6 nitrogen and oxygen atoms in total. The molecule has 0 radical (unpaired) electrons. The van der Waals surface area contributed by atoms with E-state index in [9.17, 15) is 14.4 Å². The molecule has 5 N–H and O–H groups in total. The summed E-state index contributed by atoms with van der Waals surface area (Å²) in [6.45, 7) is 8.06. The first-order valence-electron chi connectivity index (χ1n) is 5.58. The van der Waals surface area contributed by atoms with Gasteiger partial charge in [-0.25, -0.2) is 0 Å². The van der Waals surface area contributed by atoms with E-state index in [1.165, 1.54) is 26.0 Å². The number of nitrogens with one attached hydrogen (secondary N) is 1. The second kappa shape index (κ2) is 7.15. The maximum atomic E-state index is 11.6. The molecule has 0 saturated heterocycles. The van der Waals surface area contributed by atoms with Crippen LogP contribution in [0.15, 0.2) is 35.5 Å². The highest BCUT2D eigenvalue weighted by atomic mass is 16.2. The molecule has 0 spiro atoms. The minimum Gasteiger partial charge on any atom is -0.366 e. The molecule has 0 bridgehead atoms. The molecule has 3 amide bonds. The highest BCUT2D eigenvalue weighted by Crippen LogP contribution is 2.03. The van der Waals surface area contributed by atoms with Gasteiger partial charge in [-0.2, -0.15) is 0 Å². The molecule has 19 heavy (non-hydrogen) atoms. The summed E-state index contributed by atoms with van der Waals surface area (Å²) in [5, 5.41) is 2.58. The van der Waals surface area contributed by atoms with Gasteiger partial charge in [0.05, 0.1) is 6.04 Å². The monoisotopic (exact) mass is 265 g/mol. The number of amides is 3. The van der Waals surface area contributed by atoms with Gasteiger partial charge in [-0.05, 0) is 32.9 Å². The number of hydrogen-bond acceptors (Lipinski definition) is 3. The van der Waals surface area contributed by atoms with Crippen LogP contribution in [0, 0.1) is 0 Å². The highest BCUT2D eigenvalue weighted by molar-refractivity contribution is 5.95. The lowest BCUT2D eigenvalue weighted by Crippen LogP contribution is -2.34. The maximum absolute atomic E-state index is 11.6. The minimum atomic E-state index is -0.663. The van der Waals surface area contributed by atoms with Gasteiger partial charge in [0.15, 0.2) is 0 Å². The molecular formula is C13H19N3O3. The van der Waals surface area contributed by atoms with Crippen molar-refractivity contribution in [3.63, 3.8) is 0 Å². The number of rotatable bonds is 6. The Bertz CT molecular complexity index is 446. The number of carbonyl (C=O) groups is 3. The van der Waals surface area contributed by atoms with E-state index in [1.54, 1.807) is 6.92 Å². The zero-order valence-corrected chi connectivity index (χ0v) is 11.3. The van der Waals surface area contributed by atoms with Crippen LogP contribution in [0.1, 0.15) is 20.8 Å². The Labute approximate surface area is 112 Å². The van der Waals surface area contributed by atoms with Gasteiger partial charge in [0, 0.05) is 16.7 Å². The van der Waals surface area contributed by atoms with E-state index in [0.717, 1.165) is 0 Å². The van der Waals surface area contributed by atoms with Crippen molar-refractivity contribution < 1.29 is 14.4 Å². The molecule has 0 rings (SSSR count). The second-order valence-corrected chi connectivity index (χ2v) is 4.21. The van der Waals surface area contributed by atoms with Crippen molar-refractivity contribution in [3.05, 3.63) is 35.5 Å². The van der Waals surface area contributed by atoms with E-state index in [2.05, 4.69) is 11.9 Å².